The lowest BCUT2D eigenvalue weighted by molar-refractivity contribution is -0.114. The third-order valence-electron chi connectivity index (χ3n) is 4.86. The number of benzene rings is 3. The maximum Gasteiger partial charge on any atom is 0.255 e. The second kappa shape index (κ2) is 6.72. The van der Waals surface area contributed by atoms with E-state index >= 15 is 0 Å². The number of fused-ring (bicyclic) bond motifs is 3. The number of rotatable bonds is 3. The second-order valence-corrected chi connectivity index (χ2v) is 6.87. The largest absolute Gasteiger partial charge is 0.326 e. The molecule has 0 unspecified atom stereocenters. The molecular formula is C23H20N2O2. The van der Waals surface area contributed by atoms with E-state index in [4.69, 9.17) is 0 Å². The van der Waals surface area contributed by atoms with Crippen molar-refractivity contribution >= 4 is 23.2 Å². The fourth-order valence-corrected chi connectivity index (χ4v) is 3.51. The summed E-state index contributed by atoms with van der Waals surface area (Å²) in [7, 11) is 0. The molecule has 0 radical (unpaired) electrons. The molecule has 0 saturated heterocycles. The smallest absolute Gasteiger partial charge is 0.255 e. The van der Waals surface area contributed by atoms with Gasteiger partial charge >= 0.3 is 0 Å². The average molecular weight is 356 g/mol. The molecule has 0 spiro atoms. The second-order valence-electron chi connectivity index (χ2n) is 6.87. The molecule has 4 rings (SSSR count). The summed E-state index contributed by atoms with van der Waals surface area (Å²) in [6.07, 6.45) is 0.881. The Morgan fingerprint density at radius 1 is 0.852 bits per heavy atom. The minimum absolute atomic E-state index is 0.158. The fraction of sp³-hybridized carbons (Fsp3) is 0.130. The molecule has 2 amide bonds. The number of hydrogen-bond donors (Lipinski definition) is 2. The van der Waals surface area contributed by atoms with E-state index in [9.17, 15) is 9.59 Å². The van der Waals surface area contributed by atoms with E-state index in [1.165, 1.54) is 29.2 Å². The highest BCUT2D eigenvalue weighted by Gasteiger charge is 2.18. The predicted molar refractivity (Wildman–Crippen MR) is 108 cm³/mol. The standard InChI is InChI=1S/C23H20N2O2/c1-14-7-8-17(13-22(14)24-15(2)26)23(27)25-19-9-10-21-18(12-19)11-16-5-3-4-6-20(16)21/h3-10,12-13H,11H2,1-2H3,(H,24,26)(H,25,27). The topological polar surface area (TPSA) is 58.2 Å². The van der Waals surface area contributed by atoms with Crippen LogP contribution in [0.5, 0.6) is 0 Å². The number of carbonyl (C=O) groups is 2. The quantitative estimate of drug-likeness (QED) is 0.555. The first-order chi connectivity index (χ1) is 13.0. The molecule has 4 heteroatoms. The van der Waals surface area contributed by atoms with E-state index in [1.54, 1.807) is 12.1 Å². The van der Waals surface area contributed by atoms with Crippen molar-refractivity contribution in [2.24, 2.45) is 0 Å². The summed E-state index contributed by atoms with van der Waals surface area (Å²) in [5, 5.41) is 5.72. The highest BCUT2D eigenvalue weighted by atomic mass is 16.2. The van der Waals surface area contributed by atoms with Gasteiger partial charge in [-0.05, 0) is 65.4 Å². The Labute approximate surface area is 158 Å². The van der Waals surface area contributed by atoms with Crippen molar-refractivity contribution in [3.63, 3.8) is 0 Å². The first-order valence-electron chi connectivity index (χ1n) is 8.92. The van der Waals surface area contributed by atoms with Crippen LogP contribution < -0.4 is 10.6 Å². The maximum absolute atomic E-state index is 12.7. The lowest BCUT2D eigenvalue weighted by atomic mass is 10.1. The molecule has 2 N–H and O–H groups in total. The Morgan fingerprint density at radius 2 is 1.63 bits per heavy atom. The van der Waals surface area contributed by atoms with Gasteiger partial charge in [-0.1, -0.05) is 36.4 Å². The molecule has 3 aromatic carbocycles. The lowest BCUT2D eigenvalue weighted by Crippen LogP contribution is -2.14. The van der Waals surface area contributed by atoms with Gasteiger partial charge in [0.05, 0.1) is 0 Å². The molecule has 0 bridgehead atoms. The van der Waals surface area contributed by atoms with Crippen LogP contribution in [-0.2, 0) is 11.2 Å². The molecule has 0 aromatic heterocycles. The minimum atomic E-state index is -0.197. The highest BCUT2D eigenvalue weighted by Crippen LogP contribution is 2.37. The first kappa shape index (κ1) is 17.0. The van der Waals surface area contributed by atoms with Crippen LogP contribution in [0.3, 0.4) is 0 Å². The van der Waals surface area contributed by atoms with Crippen LogP contribution in [0.25, 0.3) is 11.1 Å². The van der Waals surface area contributed by atoms with Gasteiger partial charge < -0.3 is 10.6 Å². The maximum atomic E-state index is 12.7. The Morgan fingerprint density at radius 3 is 2.44 bits per heavy atom. The van der Waals surface area contributed by atoms with Gasteiger partial charge in [0.25, 0.3) is 5.91 Å². The molecule has 0 saturated carbocycles. The highest BCUT2D eigenvalue weighted by molar-refractivity contribution is 6.05. The fourth-order valence-electron chi connectivity index (χ4n) is 3.51. The molecule has 0 atom stereocenters. The third kappa shape index (κ3) is 3.34. The zero-order chi connectivity index (χ0) is 19.0. The molecule has 3 aromatic rings. The van der Waals surface area contributed by atoms with Crippen LogP contribution in [0.15, 0.2) is 60.7 Å². The molecule has 134 valence electrons. The van der Waals surface area contributed by atoms with Crippen molar-refractivity contribution < 1.29 is 9.59 Å². The molecule has 1 aliphatic rings. The summed E-state index contributed by atoms with van der Waals surface area (Å²) in [4.78, 5) is 24.0. The summed E-state index contributed by atoms with van der Waals surface area (Å²) >= 11 is 0. The van der Waals surface area contributed by atoms with Crippen molar-refractivity contribution in [3.8, 4) is 11.1 Å². The van der Waals surface area contributed by atoms with Crippen molar-refractivity contribution in [2.45, 2.75) is 20.3 Å². The zero-order valence-electron chi connectivity index (χ0n) is 15.3. The summed E-state index contributed by atoms with van der Waals surface area (Å²) in [6, 6.07) is 19.7. The van der Waals surface area contributed by atoms with Crippen LogP contribution in [0.4, 0.5) is 11.4 Å². The van der Waals surface area contributed by atoms with Crippen LogP contribution in [0.1, 0.15) is 34.0 Å². The molecule has 0 aliphatic heterocycles. The van der Waals surface area contributed by atoms with E-state index < -0.39 is 0 Å². The van der Waals surface area contributed by atoms with Gasteiger partial charge in [-0.3, -0.25) is 9.59 Å². The SMILES string of the molecule is CC(=O)Nc1cc(C(=O)Nc2ccc3c(c2)Cc2ccccc2-3)ccc1C. The van der Waals surface area contributed by atoms with Crippen LogP contribution in [0.2, 0.25) is 0 Å². The number of hydrogen-bond acceptors (Lipinski definition) is 2. The zero-order valence-corrected chi connectivity index (χ0v) is 15.3. The molecule has 0 fully saturated rings. The summed E-state index contributed by atoms with van der Waals surface area (Å²) in [5.41, 5.74) is 7.87. The average Bonchev–Trinajstić information content (AvgIpc) is 3.00. The monoisotopic (exact) mass is 356 g/mol. The predicted octanol–water partition coefficient (Wildman–Crippen LogP) is 4.78. The van der Waals surface area contributed by atoms with Crippen LogP contribution in [-0.4, -0.2) is 11.8 Å². The van der Waals surface area contributed by atoms with E-state index in [0.717, 1.165) is 17.7 Å². The van der Waals surface area contributed by atoms with Crippen molar-refractivity contribution in [3.05, 3.63) is 82.9 Å². The Kier molecular flexibility index (Phi) is 4.24. The van der Waals surface area contributed by atoms with E-state index in [2.05, 4.69) is 34.9 Å². The van der Waals surface area contributed by atoms with Gasteiger partial charge in [0.15, 0.2) is 0 Å². The van der Waals surface area contributed by atoms with Crippen LogP contribution >= 0.6 is 0 Å². The van der Waals surface area contributed by atoms with Gasteiger partial charge in [0, 0.05) is 23.9 Å². The van der Waals surface area contributed by atoms with Gasteiger partial charge in [-0.25, -0.2) is 0 Å². The minimum Gasteiger partial charge on any atom is -0.326 e. The molecule has 1 aliphatic carbocycles. The lowest BCUT2D eigenvalue weighted by Gasteiger charge is -2.11. The number of aryl methyl sites for hydroxylation is 1. The Hall–Kier alpha value is -3.40. The van der Waals surface area contributed by atoms with Gasteiger partial charge in [0.2, 0.25) is 5.91 Å². The third-order valence-corrected chi connectivity index (χ3v) is 4.86. The van der Waals surface area contributed by atoms with E-state index in [0.29, 0.717) is 11.3 Å². The Bertz CT molecular complexity index is 1070. The normalized spacial score (nSPS) is 11.5. The van der Waals surface area contributed by atoms with E-state index in [-0.39, 0.29) is 11.8 Å². The van der Waals surface area contributed by atoms with Crippen LogP contribution in [0, 0.1) is 6.92 Å². The van der Waals surface area contributed by atoms with Crippen molar-refractivity contribution in [2.75, 3.05) is 10.6 Å². The molecule has 0 heterocycles. The molecular weight excluding hydrogens is 336 g/mol. The summed E-state index contributed by atoms with van der Waals surface area (Å²) in [5.74, 6) is -0.356. The Balaban J connectivity index is 1.56. The first-order valence-corrected chi connectivity index (χ1v) is 8.92. The van der Waals surface area contributed by atoms with Crippen molar-refractivity contribution in [1.82, 2.24) is 0 Å². The number of amides is 2. The van der Waals surface area contributed by atoms with Crippen molar-refractivity contribution in [1.29, 1.82) is 0 Å². The number of anilines is 2. The number of nitrogens with one attached hydrogen (secondary N) is 2. The van der Waals surface area contributed by atoms with Gasteiger partial charge in [-0.2, -0.15) is 0 Å². The molecule has 27 heavy (non-hydrogen) atoms. The molecule has 4 nitrogen and oxygen atoms in total. The summed E-state index contributed by atoms with van der Waals surface area (Å²) in [6.45, 7) is 3.35. The van der Waals surface area contributed by atoms with Gasteiger partial charge in [-0.15, -0.1) is 0 Å². The number of carbonyl (C=O) groups excluding carboxylic acids is 2. The summed E-state index contributed by atoms with van der Waals surface area (Å²) < 4.78 is 0. The van der Waals surface area contributed by atoms with Gasteiger partial charge in [0.1, 0.15) is 0 Å². The van der Waals surface area contributed by atoms with E-state index in [1.807, 2.05) is 31.2 Å².